The Hall–Kier alpha value is -8.50. The molecule has 3 fully saturated rings. The normalized spacial score (nSPS) is 19.0. The number of ether oxygens (including phenoxy) is 3. The minimum absolute atomic E-state index is 0.0325. The third-order valence-corrected chi connectivity index (χ3v) is 18.6. The molecule has 2 unspecified atom stereocenters. The lowest BCUT2D eigenvalue weighted by atomic mass is 9.72. The zero-order valence-corrected chi connectivity index (χ0v) is 51.1. The van der Waals surface area contributed by atoms with E-state index in [2.05, 4.69) is 77.8 Å². The molecule has 6 heterocycles. The Morgan fingerprint density at radius 2 is 1.67 bits per heavy atom. The highest BCUT2D eigenvalue weighted by Crippen LogP contribution is 2.44. The van der Waals surface area contributed by atoms with Gasteiger partial charge in [0.25, 0.3) is 33.4 Å². The predicted molar refractivity (Wildman–Crippen MR) is 334 cm³/mol. The number of piperazine rings is 1. The highest BCUT2D eigenvalue weighted by Gasteiger charge is 2.45. The van der Waals surface area contributed by atoms with E-state index in [1.54, 1.807) is 30.5 Å². The molecule has 11 rings (SSSR count). The summed E-state index contributed by atoms with van der Waals surface area (Å²) in [5.41, 5.74) is 6.10. The number of halogens is 1. The predicted octanol–water partition coefficient (Wildman–Crippen LogP) is 8.43. The lowest BCUT2D eigenvalue weighted by Gasteiger charge is -2.39. The van der Waals surface area contributed by atoms with Gasteiger partial charge < -0.3 is 34.3 Å². The number of fused-ring (bicyclic) bond motifs is 2. The maximum absolute atomic E-state index is 14.2. The van der Waals surface area contributed by atoms with Crippen molar-refractivity contribution >= 4 is 84.8 Å². The van der Waals surface area contributed by atoms with Crippen LogP contribution in [-0.2, 0) is 29.1 Å². The first-order valence-corrected chi connectivity index (χ1v) is 31.7. The molecule has 89 heavy (non-hydrogen) atoms. The molecule has 5 aliphatic rings. The average molecular weight is 1250 g/mol. The molecule has 22 nitrogen and oxygen atoms in total. The fourth-order valence-electron chi connectivity index (χ4n) is 12.2. The summed E-state index contributed by atoms with van der Waals surface area (Å²) in [5.74, 6) is 3.08. The summed E-state index contributed by atoms with van der Waals surface area (Å²) < 4.78 is 47.9. The van der Waals surface area contributed by atoms with Gasteiger partial charge in [-0.3, -0.25) is 49.2 Å². The largest absolute Gasteiger partial charge is 0.455 e. The number of aromatic nitrogens is 2. The van der Waals surface area contributed by atoms with E-state index in [4.69, 9.17) is 25.8 Å². The molecule has 0 saturated carbocycles. The highest BCUT2D eigenvalue weighted by molar-refractivity contribution is 7.90. The molecule has 0 spiro atoms. The summed E-state index contributed by atoms with van der Waals surface area (Å²) in [6, 6.07) is 23.9. The third kappa shape index (κ3) is 14.8. The van der Waals surface area contributed by atoms with Gasteiger partial charge in [-0.25, -0.2) is 18.1 Å². The second-order valence-electron chi connectivity index (χ2n) is 23.8. The van der Waals surface area contributed by atoms with E-state index >= 15 is 0 Å². The van der Waals surface area contributed by atoms with Crippen molar-refractivity contribution in [3.63, 3.8) is 0 Å². The number of allylic oxidation sites excluding steroid dienone is 1. The molecule has 5 amide bonds. The van der Waals surface area contributed by atoms with E-state index < -0.39 is 61.1 Å². The molecule has 4 aliphatic heterocycles. The number of anilines is 2. The molecule has 4 N–H and O–H groups in total. The van der Waals surface area contributed by atoms with Crippen LogP contribution in [0.25, 0.3) is 16.6 Å². The molecule has 3 saturated heterocycles. The number of carbonyl (C=O) groups excluding carboxylic acids is 5. The maximum Gasteiger partial charge on any atom is 0.293 e. The van der Waals surface area contributed by atoms with Gasteiger partial charge in [0, 0.05) is 98.8 Å². The molecule has 1 aliphatic carbocycles. The van der Waals surface area contributed by atoms with Crippen molar-refractivity contribution in [1.82, 2.24) is 34.7 Å². The molecule has 6 aromatic rings. The van der Waals surface area contributed by atoms with Gasteiger partial charge in [0.2, 0.25) is 11.8 Å². The Balaban J connectivity index is 0.658. The summed E-state index contributed by atoms with van der Waals surface area (Å²) in [5, 5.41) is 19.3. The fraction of sp³-hybridized carbons (Fsp3) is 0.385. The van der Waals surface area contributed by atoms with Crippen LogP contribution in [0, 0.1) is 33.3 Å². The zero-order chi connectivity index (χ0) is 62.4. The van der Waals surface area contributed by atoms with E-state index in [-0.39, 0.29) is 65.5 Å². The first-order chi connectivity index (χ1) is 42.8. The van der Waals surface area contributed by atoms with E-state index in [1.165, 1.54) is 53.2 Å². The number of hydrogen-bond acceptors (Lipinski definition) is 17. The van der Waals surface area contributed by atoms with Gasteiger partial charge in [-0.15, -0.1) is 0 Å². The zero-order valence-electron chi connectivity index (χ0n) is 49.5. The minimum atomic E-state index is -4.65. The summed E-state index contributed by atoms with van der Waals surface area (Å²) in [4.78, 5) is 91.0. The van der Waals surface area contributed by atoms with Crippen LogP contribution in [0.2, 0.25) is 5.02 Å². The molecule has 0 bridgehead atoms. The Bertz CT molecular complexity index is 3950. The summed E-state index contributed by atoms with van der Waals surface area (Å²) in [7, 11) is -4.65. The lowest BCUT2D eigenvalue weighted by molar-refractivity contribution is -0.384. The molecular formula is C65H69ClN10O12S. The number of nitro benzene ring substituents is 1. The van der Waals surface area contributed by atoms with Crippen molar-refractivity contribution in [1.29, 1.82) is 0 Å². The molecule has 2 atom stereocenters. The molecular weight excluding hydrogens is 1180 g/mol. The number of imide groups is 2. The topological polar surface area (TPSA) is 268 Å². The number of likely N-dealkylation sites (tertiary alicyclic amines) is 1. The van der Waals surface area contributed by atoms with E-state index in [1.807, 2.05) is 18.2 Å². The Labute approximate surface area is 520 Å². The van der Waals surface area contributed by atoms with Crippen LogP contribution in [0.15, 0.2) is 114 Å². The number of carbonyl (C=O) groups is 5. The second-order valence-corrected chi connectivity index (χ2v) is 25.9. The summed E-state index contributed by atoms with van der Waals surface area (Å²) in [6.45, 7) is 12.2. The summed E-state index contributed by atoms with van der Waals surface area (Å²) >= 11 is 6.27. The van der Waals surface area contributed by atoms with Crippen LogP contribution in [0.4, 0.5) is 17.1 Å². The first-order valence-electron chi connectivity index (χ1n) is 29.9. The molecule has 2 aromatic heterocycles. The number of aromatic amines is 1. The Morgan fingerprint density at radius 3 is 2.47 bits per heavy atom. The molecule has 4 aromatic carbocycles. The van der Waals surface area contributed by atoms with Crippen LogP contribution in [-0.4, -0.2) is 159 Å². The number of rotatable bonds is 21. The second kappa shape index (κ2) is 27.1. The van der Waals surface area contributed by atoms with Crippen LogP contribution in [0.1, 0.15) is 101 Å². The van der Waals surface area contributed by atoms with E-state index in [0.29, 0.717) is 67.9 Å². The fourth-order valence-corrected chi connectivity index (χ4v) is 13.3. The number of sulfonamides is 1. The number of nitro groups is 1. The standard InChI is InChI=1S/C65H69ClN10O12S/c1-65(2)21-19-46(54(37-65)44-8-10-47(66)11-9-44)41-73-24-26-74(27-25-73)48-12-15-52(58(35-48)88-49-34-45-20-22-67-60(45)69-39-49)61(78)71-89(84,85)50-13-16-55(57(36-50)76(82)83)68-38-43-5-3-23-72(40-43)28-30-87-32-31-86-29-4-6-42-7-14-51-53(33-42)64(81)75(63(51)80)56-17-18-59(77)70-62(56)79/h7-16,20,22,33-36,39,43,56,68H,3,5,17-19,21,23-32,37-38,40-41H2,1-2H3,(H,67,69)(H,71,78)(H,70,77,79). The number of nitrogens with zero attached hydrogens (tertiary/aromatic N) is 6. The van der Waals surface area contributed by atoms with Crippen LogP contribution in [0.3, 0.4) is 0 Å². The van der Waals surface area contributed by atoms with Crippen molar-refractivity contribution in [2.24, 2.45) is 11.3 Å². The van der Waals surface area contributed by atoms with Crippen molar-refractivity contribution in [3.05, 3.63) is 152 Å². The van der Waals surface area contributed by atoms with E-state index in [0.717, 1.165) is 80.3 Å². The Kier molecular flexibility index (Phi) is 18.9. The molecule has 0 radical (unpaired) electrons. The van der Waals surface area contributed by atoms with Gasteiger partial charge in [-0.05, 0) is 134 Å². The van der Waals surface area contributed by atoms with Gasteiger partial charge in [0.05, 0.1) is 52.5 Å². The smallest absolute Gasteiger partial charge is 0.293 e. The van der Waals surface area contributed by atoms with Gasteiger partial charge in [0.15, 0.2) is 0 Å². The van der Waals surface area contributed by atoms with Gasteiger partial charge in [-0.1, -0.05) is 55.0 Å². The number of H-pyrrole nitrogens is 1. The number of benzene rings is 4. The van der Waals surface area contributed by atoms with Gasteiger partial charge >= 0.3 is 0 Å². The van der Waals surface area contributed by atoms with Crippen molar-refractivity contribution in [2.75, 3.05) is 95.5 Å². The maximum atomic E-state index is 14.2. The third-order valence-electron chi connectivity index (χ3n) is 17.0. The lowest BCUT2D eigenvalue weighted by Crippen LogP contribution is -2.54. The number of pyridine rings is 1. The summed E-state index contributed by atoms with van der Waals surface area (Å²) in [6.07, 6.45) is 8.27. The number of nitrogens with one attached hydrogen (secondary N) is 4. The van der Waals surface area contributed by atoms with E-state index in [9.17, 15) is 42.5 Å². The van der Waals surface area contributed by atoms with Crippen molar-refractivity contribution < 1.29 is 51.5 Å². The minimum Gasteiger partial charge on any atom is -0.455 e. The first kappa shape index (κ1) is 62.1. The quantitative estimate of drug-likeness (QED) is 0.0173. The van der Waals surface area contributed by atoms with Crippen LogP contribution >= 0.6 is 11.6 Å². The number of piperidine rings is 2. The monoisotopic (exact) mass is 1250 g/mol. The van der Waals surface area contributed by atoms with Crippen LogP contribution in [0.5, 0.6) is 11.5 Å². The average Bonchev–Trinajstić information content (AvgIpc) is 2.14. The van der Waals surface area contributed by atoms with Gasteiger partial charge in [-0.2, -0.15) is 0 Å². The van der Waals surface area contributed by atoms with Crippen LogP contribution < -0.4 is 25.0 Å². The van der Waals surface area contributed by atoms with Crippen molar-refractivity contribution in [3.8, 4) is 23.3 Å². The SMILES string of the molecule is CC1(C)CCC(CN2CCN(c3ccc(C(=O)NS(=O)(=O)c4ccc(NCC5CCCN(CCOCCOCC#Cc6ccc7c(c6)C(=O)N(C6CCC(=O)NC6=O)C7=O)C5)c([N+](=O)[O-])c4)c(Oc4cnc5[nH]ccc5c4)c3)CC2)=C(c2ccc(Cl)cc2)C1. The molecule has 464 valence electrons. The van der Waals surface area contributed by atoms with Crippen molar-refractivity contribution in [2.45, 2.75) is 69.7 Å². The number of hydrogen-bond donors (Lipinski definition) is 4. The Morgan fingerprint density at radius 1 is 0.876 bits per heavy atom. The highest BCUT2D eigenvalue weighted by atomic mass is 35.5. The van der Waals surface area contributed by atoms with Gasteiger partial charge in [0.1, 0.15) is 35.5 Å². The number of amides is 5. The molecule has 24 heteroatoms.